The van der Waals surface area contributed by atoms with E-state index in [1.165, 1.54) is 45.1 Å². The number of aliphatic hydroxyl groups excluding tert-OH is 1. The van der Waals surface area contributed by atoms with Gasteiger partial charge in [0.2, 0.25) is 0 Å². The molecule has 20 heavy (non-hydrogen) atoms. The van der Waals surface area contributed by atoms with Crippen molar-refractivity contribution in [2.24, 2.45) is 17.3 Å². The van der Waals surface area contributed by atoms with Crippen LogP contribution in [-0.4, -0.2) is 35.7 Å². The van der Waals surface area contributed by atoms with Crippen molar-refractivity contribution < 1.29 is 5.11 Å². The number of rotatable bonds is 5. The maximum atomic E-state index is 10.1. The lowest BCUT2D eigenvalue weighted by Gasteiger charge is -2.47. The van der Waals surface area contributed by atoms with Crippen LogP contribution in [0.15, 0.2) is 0 Å². The Morgan fingerprint density at radius 1 is 1.10 bits per heavy atom. The summed E-state index contributed by atoms with van der Waals surface area (Å²) in [7, 11) is 2.31. The monoisotopic (exact) mass is 281 g/mol. The van der Waals surface area contributed by atoms with E-state index < -0.39 is 0 Å². The highest BCUT2D eigenvalue weighted by atomic mass is 16.3. The van der Waals surface area contributed by atoms with Crippen LogP contribution in [0.5, 0.6) is 0 Å². The van der Waals surface area contributed by atoms with E-state index >= 15 is 0 Å². The van der Waals surface area contributed by atoms with E-state index in [2.05, 4.69) is 32.7 Å². The molecule has 118 valence electrons. The molecule has 2 fully saturated rings. The lowest BCUT2D eigenvalue weighted by atomic mass is 9.66. The van der Waals surface area contributed by atoms with E-state index in [1.54, 1.807) is 0 Å². The number of hydrogen-bond acceptors (Lipinski definition) is 2. The minimum Gasteiger partial charge on any atom is -0.393 e. The molecule has 0 aromatic heterocycles. The van der Waals surface area contributed by atoms with Crippen LogP contribution in [0.2, 0.25) is 0 Å². The predicted molar refractivity (Wildman–Crippen MR) is 85.8 cm³/mol. The van der Waals surface area contributed by atoms with Crippen molar-refractivity contribution in [3.8, 4) is 0 Å². The van der Waals surface area contributed by atoms with Gasteiger partial charge in [-0.1, -0.05) is 40.0 Å². The molecule has 0 aromatic rings. The van der Waals surface area contributed by atoms with Gasteiger partial charge in [0.1, 0.15) is 0 Å². The summed E-state index contributed by atoms with van der Waals surface area (Å²) in [6.07, 6.45) is 10.0. The Balaban J connectivity index is 2.02. The zero-order chi connectivity index (χ0) is 14.8. The Labute approximate surface area is 125 Å². The predicted octanol–water partition coefficient (Wildman–Crippen LogP) is 4.07. The first-order valence-electron chi connectivity index (χ1n) is 8.82. The first-order chi connectivity index (χ1) is 9.44. The molecule has 0 aromatic carbocycles. The number of hydrogen-bond donors (Lipinski definition) is 1. The lowest BCUT2D eigenvalue weighted by molar-refractivity contribution is -0.0133. The Bertz CT molecular complexity index is 296. The Kier molecular flexibility index (Phi) is 5.53. The van der Waals surface area contributed by atoms with E-state index in [0.717, 1.165) is 24.7 Å². The quantitative estimate of drug-likeness (QED) is 0.821. The van der Waals surface area contributed by atoms with Crippen molar-refractivity contribution in [1.82, 2.24) is 4.90 Å². The van der Waals surface area contributed by atoms with E-state index in [4.69, 9.17) is 0 Å². The number of aliphatic hydroxyl groups is 1. The van der Waals surface area contributed by atoms with Gasteiger partial charge >= 0.3 is 0 Å². The third kappa shape index (κ3) is 3.76. The molecule has 0 aliphatic heterocycles. The van der Waals surface area contributed by atoms with Gasteiger partial charge < -0.3 is 10.0 Å². The summed E-state index contributed by atoms with van der Waals surface area (Å²) >= 11 is 0. The van der Waals surface area contributed by atoms with Crippen LogP contribution in [0, 0.1) is 17.3 Å². The molecule has 0 spiro atoms. The summed E-state index contributed by atoms with van der Waals surface area (Å²) in [4.78, 5) is 2.60. The van der Waals surface area contributed by atoms with Crippen molar-refractivity contribution in [2.75, 3.05) is 13.6 Å². The average Bonchev–Trinajstić information content (AvgIpc) is 2.91. The Hall–Kier alpha value is -0.0800. The molecule has 2 saturated carbocycles. The third-order valence-corrected chi connectivity index (χ3v) is 6.29. The summed E-state index contributed by atoms with van der Waals surface area (Å²) in [6.45, 7) is 8.41. The van der Waals surface area contributed by atoms with Gasteiger partial charge in [0.05, 0.1) is 6.10 Å². The fourth-order valence-corrected chi connectivity index (χ4v) is 4.52. The van der Waals surface area contributed by atoms with Crippen LogP contribution in [0.1, 0.15) is 72.1 Å². The van der Waals surface area contributed by atoms with Gasteiger partial charge in [-0.05, 0) is 56.4 Å². The summed E-state index contributed by atoms with van der Waals surface area (Å²) in [5.74, 6) is 1.65. The SMILES string of the molecule is CCC(C)(C)C1CCC(O)CC1N(C)CC1CCCC1. The zero-order valence-electron chi connectivity index (χ0n) is 14.1. The molecule has 1 N–H and O–H groups in total. The smallest absolute Gasteiger partial charge is 0.0555 e. The largest absolute Gasteiger partial charge is 0.393 e. The van der Waals surface area contributed by atoms with E-state index in [0.29, 0.717) is 11.5 Å². The third-order valence-electron chi connectivity index (χ3n) is 6.29. The maximum Gasteiger partial charge on any atom is 0.0555 e. The van der Waals surface area contributed by atoms with Crippen LogP contribution in [-0.2, 0) is 0 Å². The molecule has 2 heteroatoms. The molecular weight excluding hydrogens is 246 g/mol. The first kappa shape index (κ1) is 16.3. The molecule has 2 rings (SSSR count). The van der Waals surface area contributed by atoms with Crippen LogP contribution in [0.4, 0.5) is 0 Å². The fraction of sp³-hybridized carbons (Fsp3) is 1.00. The topological polar surface area (TPSA) is 23.5 Å². The van der Waals surface area contributed by atoms with Gasteiger partial charge in [0.25, 0.3) is 0 Å². The average molecular weight is 281 g/mol. The normalized spacial score (nSPS) is 33.0. The van der Waals surface area contributed by atoms with E-state index in [9.17, 15) is 5.11 Å². The maximum absolute atomic E-state index is 10.1. The minimum absolute atomic E-state index is 0.0741. The van der Waals surface area contributed by atoms with Gasteiger partial charge in [-0.25, -0.2) is 0 Å². The summed E-state index contributed by atoms with van der Waals surface area (Å²) < 4.78 is 0. The molecule has 2 aliphatic rings. The van der Waals surface area contributed by atoms with Crippen molar-refractivity contribution in [1.29, 1.82) is 0 Å². The van der Waals surface area contributed by atoms with Crippen LogP contribution in [0.3, 0.4) is 0 Å². The summed E-state index contributed by atoms with van der Waals surface area (Å²) in [6, 6.07) is 0.578. The molecule has 0 bridgehead atoms. The van der Waals surface area contributed by atoms with E-state index in [1.807, 2.05) is 0 Å². The minimum atomic E-state index is -0.0741. The second-order valence-electron chi connectivity index (χ2n) is 8.07. The van der Waals surface area contributed by atoms with Crippen LogP contribution >= 0.6 is 0 Å². The second-order valence-corrected chi connectivity index (χ2v) is 8.07. The van der Waals surface area contributed by atoms with Crippen molar-refractivity contribution >= 4 is 0 Å². The van der Waals surface area contributed by atoms with Gasteiger partial charge in [0.15, 0.2) is 0 Å². The molecule has 0 radical (unpaired) electrons. The van der Waals surface area contributed by atoms with Gasteiger partial charge in [0, 0.05) is 12.6 Å². The van der Waals surface area contributed by atoms with Crippen LogP contribution in [0.25, 0.3) is 0 Å². The highest BCUT2D eigenvalue weighted by Crippen LogP contribution is 2.43. The molecule has 2 nitrogen and oxygen atoms in total. The van der Waals surface area contributed by atoms with Crippen molar-refractivity contribution in [2.45, 2.75) is 84.3 Å². The Morgan fingerprint density at radius 3 is 2.35 bits per heavy atom. The van der Waals surface area contributed by atoms with Crippen molar-refractivity contribution in [3.05, 3.63) is 0 Å². The van der Waals surface area contributed by atoms with Gasteiger partial charge in [-0.2, -0.15) is 0 Å². The Morgan fingerprint density at radius 2 is 1.75 bits per heavy atom. The van der Waals surface area contributed by atoms with Crippen LogP contribution < -0.4 is 0 Å². The van der Waals surface area contributed by atoms with E-state index in [-0.39, 0.29) is 6.10 Å². The second kappa shape index (κ2) is 6.79. The highest BCUT2D eigenvalue weighted by molar-refractivity contribution is 4.93. The molecule has 2 aliphatic carbocycles. The highest BCUT2D eigenvalue weighted by Gasteiger charge is 2.40. The first-order valence-corrected chi connectivity index (χ1v) is 8.82. The van der Waals surface area contributed by atoms with Crippen molar-refractivity contribution in [3.63, 3.8) is 0 Å². The van der Waals surface area contributed by atoms with Gasteiger partial charge in [-0.15, -0.1) is 0 Å². The van der Waals surface area contributed by atoms with Gasteiger partial charge in [-0.3, -0.25) is 0 Å². The standard InChI is InChI=1S/C18H35NO/c1-5-18(2,3)16-11-10-15(20)12-17(16)19(4)13-14-8-6-7-9-14/h14-17,20H,5-13H2,1-4H3. The molecular formula is C18H35NO. The molecule has 0 saturated heterocycles. The lowest BCUT2D eigenvalue weighted by Crippen LogP contribution is -2.49. The summed E-state index contributed by atoms with van der Waals surface area (Å²) in [5.41, 5.74) is 0.398. The fourth-order valence-electron chi connectivity index (χ4n) is 4.52. The molecule has 3 unspecified atom stereocenters. The number of nitrogens with zero attached hydrogens (tertiary/aromatic N) is 1. The molecule has 3 atom stereocenters. The zero-order valence-corrected chi connectivity index (χ0v) is 14.1. The molecule has 0 heterocycles. The summed E-state index contributed by atoms with van der Waals surface area (Å²) in [5, 5.41) is 10.1. The molecule has 0 amide bonds.